The lowest BCUT2D eigenvalue weighted by Crippen LogP contribution is -2.54. The molecule has 10 atom stereocenters. The summed E-state index contributed by atoms with van der Waals surface area (Å²) in [4.78, 5) is 12.1. The van der Waals surface area contributed by atoms with Gasteiger partial charge in [0.15, 0.2) is 0 Å². The average Bonchev–Trinajstić information content (AvgIpc) is 3.04. The van der Waals surface area contributed by atoms with Gasteiger partial charge in [0.25, 0.3) is 0 Å². The molecule has 4 fully saturated rings. The van der Waals surface area contributed by atoms with Gasteiger partial charge in [0, 0.05) is 12.8 Å². The van der Waals surface area contributed by atoms with E-state index in [1.807, 2.05) is 0 Å². The minimum atomic E-state index is -0.154. The van der Waals surface area contributed by atoms with Gasteiger partial charge < -0.3 is 5.11 Å². The fourth-order valence-electron chi connectivity index (χ4n) is 9.09. The fourth-order valence-corrected chi connectivity index (χ4v) is 9.09. The van der Waals surface area contributed by atoms with E-state index in [-0.39, 0.29) is 6.10 Å². The standard InChI is InChI=1S/C28H48O2/c1-17(2)18(3)15-26(30)19(4)23-9-10-24-22-8-7-20-16-21(29)11-13-27(20,5)25(22)12-14-28(23,24)6/h17-20,22-26,30H,7-16H2,1-6H3. The highest BCUT2D eigenvalue weighted by Gasteiger charge is 2.60. The molecule has 10 unspecified atom stereocenters. The summed E-state index contributed by atoms with van der Waals surface area (Å²) in [5.74, 6) is 6.04. The van der Waals surface area contributed by atoms with E-state index in [0.717, 1.165) is 43.4 Å². The topological polar surface area (TPSA) is 37.3 Å². The van der Waals surface area contributed by atoms with Gasteiger partial charge in [-0.3, -0.25) is 4.79 Å². The summed E-state index contributed by atoms with van der Waals surface area (Å²) < 4.78 is 0. The van der Waals surface area contributed by atoms with Crippen molar-refractivity contribution < 1.29 is 9.90 Å². The molecule has 0 aromatic carbocycles. The first kappa shape index (κ1) is 22.8. The maximum absolute atomic E-state index is 12.1. The number of carbonyl (C=O) groups is 1. The predicted octanol–water partition coefficient (Wildman–Crippen LogP) is 6.89. The van der Waals surface area contributed by atoms with Crippen molar-refractivity contribution in [3.05, 3.63) is 0 Å². The van der Waals surface area contributed by atoms with Gasteiger partial charge in [0.05, 0.1) is 6.10 Å². The molecule has 0 amide bonds. The quantitative estimate of drug-likeness (QED) is 0.529. The lowest BCUT2D eigenvalue weighted by Gasteiger charge is -2.60. The molecule has 2 nitrogen and oxygen atoms in total. The number of hydrogen-bond acceptors (Lipinski definition) is 2. The van der Waals surface area contributed by atoms with Crippen LogP contribution in [0, 0.1) is 58.2 Å². The SMILES string of the molecule is CC(C)C(C)CC(O)C(C)C1CCC2C3CCC4CC(=O)CCC4(C)C3CCC12C. The Kier molecular flexibility index (Phi) is 6.23. The van der Waals surface area contributed by atoms with Gasteiger partial charge >= 0.3 is 0 Å². The molecule has 0 aromatic heterocycles. The van der Waals surface area contributed by atoms with Crippen LogP contribution in [0.1, 0.15) is 106 Å². The molecule has 0 spiro atoms. The van der Waals surface area contributed by atoms with Crippen LogP contribution in [-0.2, 0) is 4.79 Å². The summed E-state index contributed by atoms with van der Waals surface area (Å²) in [6, 6.07) is 0. The number of carbonyl (C=O) groups excluding carboxylic acids is 1. The number of rotatable bonds is 5. The molecule has 1 N–H and O–H groups in total. The molecule has 0 bridgehead atoms. The summed E-state index contributed by atoms with van der Waals surface area (Å²) in [5.41, 5.74) is 0.824. The largest absolute Gasteiger partial charge is 0.393 e. The second-order valence-electron chi connectivity index (χ2n) is 13.0. The van der Waals surface area contributed by atoms with Crippen molar-refractivity contribution in [2.24, 2.45) is 58.2 Å². The molecule has 2 heteroatoms. The van der Waals surface area contributed by atoms with E-state index in [0.29, 0.717) is 46.2 Å². The van der Waals surface area contributed by atoms with Crippen LogP contribution in [0.2, 0.25) is 0 Å². The molecule has 172 valence electrons. The van der Waals surface area contributed by atoms with Gasteiger partial charge in [0.2, 0.25) is 0 Å². The van der Waals surface area contributed by atoms with Crippen molar-refractivity contribution in [3.63, 3.8) is 0 Å². The minimum Gasteiger partial charge on any atom is -0.393 e. The monoisotopic (exact) mass is 416 g/mol. The summed E-state index contributed by atoms with van der Waals surface area (Å²) in [5, 5.41) is 11.1. The molecule has 0 saturated heterocycles. The fraction of sp³-hybridized carbons (Fsp3) is 0.964. The van der Waals surface area contributed by atoms with Crippen LogP contribution >= 0.6 is 0 Å². The maximum Gasteiger partial charge on any atom is 0.133 e. The maximum atomic E-state index is 12.1. The first-order valence-corrected chi connectivity index (χ1v) is 13.3. The Morgan fingerprint density at radius 1 is 0.933 bits per heavy atom. The molecule has 30 heavy (non-hydrogen) atoms. The van der Waals surface area contributed by atoms with Crippen molar-refractivity contribution in [2.75, 3.05) is 0 Å². The van der Waals surface area contributed by atoms with E-state index in [9.17, 15) is 9.90 Å². The Bertz CT molecular complexity index is 641. The highest BCUT2D eigenvalue weighted by molar-refractivity contribution is 5.79. The average molecular weight is 417 g/mol. The molecule has 4 aliphatic carbocycles. The van der Waals surface area contributed by atoms with Crippen molar-refractivity contribution in [1.82, 2.24) is 0 Å². The Morgan fingerprint density at radius 2 is 1.63 bits per heavy atom. The van der Waals surface area contributed by atoms with Gasteiger partial charge in [-0.1, -0.05) is 41.5 Å². The molecule has 4 saturated carbocycles. The second-order valence-corrected chi connectivity index (χ2v) is 13.0. The summed E-state index contributed by atoms with van der Waals surface area (Å²) >= 11 is 0. The van der Waals surface area contributed by atoms with Crippen molar-refractivity contribution >= 4 is 5.78 Å². The minimum absolute atomic E-state index is 0.154. The lowest BCUT2D eigenvalue weighted by molar-refractivity contribution is -0.141. The lowest BCUT2D eigenvalue weighted by atomic mass is 9.44. The highest BCUT2D eigenvalue weighted by atomic mass is 16.3. The van der Waals surface area contributed by atoms with E-state index >= 15 is 0 Å². The van der Waals surface area contributed by atoms with Crippen LogP contribution in [0.3, 0.4) is 0 Å². The van der Waals surface area contributed by atoms with Crippen molar-refractivity contribution in [1.29, 1.82) is 0 Å². The van der Waals surface area contributed by atoms with E-state index < -0.39 is 0 Å². The van der Waals surface area contributed by atoms with E-state index in [2.05, 4.69) is 41.5 Å². The van der Waals surface area contributed by atoms with Gasteiger partial charge in [-0.25, -0.2) is 0 Å². The van der Waals surface area contributed by atoms with E-state index in [1.54, 1.807) is 0 Å². The first-order chi connectivity index (χ1) is 14.1. The third-order valence-corrected chi connectivity index (χ3v) is 11.5. The number of fused-ring (bicyclic) bond motifs is 5. The molecule has 0 aromatic rings. The number of aliphatic hydroxyl groups is 1. The van der Waals surface area contributed by atoms with Crippen LogP contribution in [-0.4, -0.2) is 17.0 Å². The summed E-state index contributed by atoms with van der Waals surface area (Å²) in [6.07, 6.45) is 11.7. The van der Waals surface area contributed by atoms with Gasteiger partial charge in [0.1, 0.15) is 5.78 Å². The molecule has 0 heterocycles. The Labute approximate surface area is 186 Å². The number of ketones is 1. The molecule has 4 rings (SSSR count). The number of aliphatic hydroxyl groups excluding tert-OH is 1. The van der Waals surface area contributed by atoms with Crippen molar-refractivity contribution in [2.45, 2.75) is 112 Å². The molecule has 0 radical (unpaired) electrons. The second kappa shape index (κ2) is 8.20. The van der Waals surface area contributed by atoms with Crippen LogP contribution in [0.15, 0.2) is 0 Å². The molecular formula is C28H48O2. The summed E-state index contributed by atoms with van der Waals surface area (Å²) in [6.45, 7) is 14.4. The third-order valence-electron chi connectivity index (χ3n) is 11.5. The van der Waals surface area contributed by atoms with Crippen LogP contribution in [0.25, 0.3) is 0 Å². The van der Waals surface area contributed by atoms with Gasteiger partial charge in [-0.15, -0.1) is 0 Å². The molecule has 4 aliphatic rings. The van der Waals surface area contributed by atoms with Gasteiger partial charge in [-0.2, -0.15) is 0 Å². The summed E-state index contributed by atoms with van der Waals surface area (Å²) in [7, 11) is 0. The van der Waals surface area contributed by atoms with Crippen molar-refractivity contribution in [3.8, 4) is 0 Å². The zero-order chi connectivity index (χ0) is 21.8. The third kappa shape index (κ3) is 3.61. The normalized spacial score (nSPS) is 46.7. The smallest absolute Gasteiger partial charge is 0.133 e. The van der Waals surface area contributed by atoms with Crippen LogP contribution in [0.4, 0.5) is 0 Å². The first-order valence-electron chi connectivity index (χ1n) is 13.3. The Morgan fingerprint density at radius 3 is 2.33 bits per heavy atom. The van der Waals surface area contributed by atoms with Crippen LogP contribution < -0.4 is 0 Å². The van der Waals surface area contributed by atoms with Gasteiger partial charge in [-0.05, 0) is 110 Å². The van der Waals surface area contributed by atoms with E-state index in [4.69, 9.17) is 0 Å². The Balaban J connectivity index is 1.49. The highest BCUT2D eigenvalue weighted by Crippen LogP contribution is 2.68. The zero-order valence-electron chi connectivity index (χ0n) is 20.6. The zero-order valence-corrected chi connectivity index (χ0v) is 20.6. The number of Topliss-reactive ketones (excluding diaryl/α,β-unsaturated/α-hetero) is 1. The van der Waals surface area contributed by atoms with E-state index in [1.165, 1.54) is 38.5 Å². The molecule has 0 aliphatic heterocycles. The Hall–Kier alpha value is -0.370. The van der Waals surface area contributed by atoms with Crippen LogP contribution in [0.5, 0.6) is 0 Å². The molecular weight excluding hydrogens is 368 g/mol. The predicted molar refractivity (Wildman–Crippen MR) is 124 cm³/mol. The number of hydrogen-bond donors (Lipinski definition) is 1.